The molecule has 0 aliphatic rings. The quantitative estimate of drug-likeness (QED) is 0.607. The average Bonchev–Trinajstić information content (AvgIpc) is 2.67. The second kappa shape index (κ2) is 8.67. The lowest BCUT2D eigenvalue weighted by Gasteiger charge is -2.10. The number of anilines is 1. The topological polar surface area (TPSA) is 94.3 Å². The zero-order valence-corrected chi connectivity index (χ0v) is 16.7. The van der Waals surface area contributed by atoms with Crippen LogP contribution in [0, 0.1) is 6.92 Å². The van der Waals surface area contributed by atoms with Crippen molar-refractivity contribution in [2.45, 2.75) is 6.92 Å². The number of nitrogens with zero attached hydrogens (tertiary/aromatic N) is 1. The molecule has 0 fully saturated rings. The molecular weight excluding hydrogens is 422 g/mol. The van der Waals surface area contributed by atoms with Gasteiger partial charge in [-0.05, 0) is 55.5 Å². The molecule has 6 nitrogen and oxygen atoms in total. The smallest absolute Gasteiger partial charge is 0.257 e. The number of carbonyl (C=O) groups excluding carboxylic acids is 2. The van der Waals surface area contributed by atoms with Gasteiger partial charge in [-0.2, -0.15) is 0 Å². The molecule has 1 heterocycles. The Labute approximate surface area is 170 Å². The molecule has 28 heavy (non-hydrogen) atoms. The van der Waals surface area contributed by atoms with Crippen molar-refractivity contribution in [3.63, 3.8) is 0 Å². The lowest BCUT2D eigenvalue weighted by molar-refractivity contribution is -0.119. The Hall–Kier alpha value is -3.19. The van der Waals surface area contributed by atoms with Crippen LogP contribution >= 0.6 is 15.9 Å². The predicted octanol–water partition coefficient (Wildman–Crippen LogP) is 3.94. The van der Waals surface area contributed by atoms with E-state index in [1.807, 2.05) is 30.3 Å². The number of hydrogen-bond acceptors (Lipinski definition) is 4. The number of nitrogens with two attached hydrogens (primary N) is 1. The summed E-state index contributed by atoms with van der Waals surface area (Å²) in [4.78, 5) is 27.9. The largest absolute Gasteiger partial charge is 0.484 e. The van der Waals surface area contributed by atoms with Crippen molar-refractivity contribution in [2.24, 2.45) is 5.73 Å². The van der Waals surface area contributed by atoms with Gasteiger partial charge in [0.25, 0.3) is 11.8 Å². The standard InChI is InChI=1S/C21H18BrN3O3/c1-13-18(9-10-19(24-13)14-3-2-4-15(22)11-14)21(27)25-16-5-7-17(8-6-16)28-12-20(23)26/h2-11H,12H2,1H3,(H2,23,26)(H,25,27). The van der Waals surface area contributed by atoms with Gasteiger partial charge in [0.1, 0.15) is 5.75 Å². The number of ether oxygens (including phenoxy) is 1. The lowest BCUT2D eigenvalue weighted by atomic mass is 10.1. The van der Waals surface area contributed by atoms with Gasteiger partial charge in [0.05, 0.1) is 17.0 Å². The van der Waals surface area contributed by atoms with Crippen molar-refractivity contribution in [3.8, 4) is 17.0 Å². The number of amides is 2. The van der Waals surface area contributed by atoms with Gasteiger partial charge >= 0.3 is 0 Å². The zero-order valence-electron chi connectivity index (χ0n) is 15.1. The Kier molecular flexibility index (Phi) is 6.06. The van der Waals surface area contributed by atoms with Crippen molar-refractivity contribution in [1.82, 2.24) is 4.98 Å². The summed E-state index contributed by atoms with van der Waals surface area (Å²) in [6.45, 7) is 1.61. The van der Waals surface area contributed by atoms with E-state index in [4.69, 9.17) is 10.5 Å². The first-order valence-corrected chi connectivity index (χ1v) is 9.28. The summed E-state index contributed by atoms with van der Waals surface area (Å²) in [5, 5.41) is 2.83. The van der Waals surface area contributed by atoms with E-state index in [9.17, 15) is 9.59 Å². The Bertz CT molecular complexity index is 1020. The van der Waals surface area contributed by atoms with Crippen LogP contribution in [-0.4, -0.2) is 23.4 Å². The van der Waals surface area contributed by atoms with Crippen molar-refractivity contribution in [1.29, 1.82) is 0 Å². The summed E-state index contributed by atoms with van der Waals surface area (Å²) in [7, 11) is 0. The number of aromatic nitrogens is 1. The Morgan fingerprint density at radius 3 is 2.50 bits per heavy atom. The summed E-state index contributed by atoms with van der Waals surface area (Å²) in [5.74, 6) is -0.309. The van der Waals surface area contributed by atoms with Crippen LogP contribution in [0.2, 0.25) is 0 Å². The van der Waals surface area contributed by atoms with Crippen LogP contribution < -0.4 is 15.8 Å². The summed E-state index contributed by atoms with van der Waals surface area (Å²) >= 11 is 3.45. The first kappa shape index (κ1) is 19.6. The molecular formula is C21H18BrN3O3. The van der Waals surface area contributed by atoms with Crippen LogP contribution in [0.25, 0.3) is 11.3 Å². The van der Waals surface area contributed by atoms with Crippen molar-refractivity contribution in [2.75, 3.05) is 11.9 Å². The Balaban J connectivity index is 1.71. The maximum atomic E-state index is 12.6. The van der Waals surface area contributed by atoms with Crippen LogP contribution in [-0.2, 0) is 4.79 Å². The number of benzene rings is 2. The third kappa shape index (κ3) is 4.95. The lowest BCUT2D eigenvalue weighted by Crippen LogP contribution is -2.20. The summed E-state index contributed by atoms with van der Waals surface area (Å²) < 4.78 is 6.16. The van der Waals surface area contributed by atoms with Crippen molar-refractivity contribution in [3.05, 3.63) is 76.4 Å². The van der Waals surface area contributed by atoms with Gasteiger partial charge in [0, 0.05) is 15.7 Å². The van der Waals surface area contributed by atoms with Crippen LogP contribution in [0.3, 0.4) is 0 Å². The maximum Gasteiger partial charge on any atom is 0.257 e. The van der Waals surface area contributed by atoms with Gasteiger partial charge in [-0.3, -0.25) is 14.6 Å². The van der Waals surface area contributed by atoms with Gasteiger partial charge < -0.3 is 15.8 Å². The first-order chi connectivity index (χ1) is 13.4. The highest BCUT2D eigenvalue weighted by Crippen LogP contribution is 2.23. The van der Waals surface area contributed by atoms with Crippen LogP contribution in [0.5, 0.6) is 5.75 Å². The van der Waals surface area contributed by atoms with Gasteiger partial charge in [-0.25, -0.2) is 0 Å². The molecule has 3 N–H and O–H groups in total. The second-order valence-corrected chi connectivity index (χ2v) is 6.99. The zero-order chi connectivity index (χ0) is 20.1. The van der Waals surface area contributed by atoms with Crippen molar-refractivity contribution >= 4 is 33.4 Å². The van der Waals surface area contributed by atoms with E-state index >= 15 is 0 Å². The summed E-state index contributed by atoms with van der Waals surface area (Å²) in [5.41, 5.74) is 8.54. The molecule has 7 heteroatoms. The Morgan fingerprint density at radius 1 is 1.11 bits per heavy atom. The summed E-state index contributed by atoms with van der Waals surface area (Å²) in [6.07, 6.45) is 0. The molecule has 0 atom stereocenters. The molecule has 1 aromatic heterocycles. The highest BCUT2D eigenvalue weighted by Gasteiger charge is 2.12. The predicted molar refractivity (Wildman–Crippen MR) is 111 cm³/mol. The highest BCUT2D eigenvalue weighted by molar-refractivity contribution is 9.10. The number of halogens is 1. The number of pyridine rings is 1. The molecule has 0 spiro atoms. The minimum atomic E-state index is -0.549. The van der Waals surface area contributed by atoms with Crippen LogP contribution in [0.1, 0.15) is 16.1 Å². The fourth-order valence-corrected chi connectivity index (χ4v) is 3.00. The third-order valence-electron chi connectivity index (χ3n) is 3.94. The van der Waals surface area contributed by atoms with Gasteiger partial charge in [-0.15, -0.1) is 0 Å². The van der Waals surface area contributed by atoms with E-state index in [1.165, 1.54) is 0 Å². The van der Waals surface area contributed by atoms with E-state index in [0.29, 0.717) is 22.7 Å². The molecule has 0 unspecified atom stereocenters. The number of nitrogens with one attached hydrogen (secondary N) is 1. The van der Waals surface area contributed by atoms with Crippen LogP contribution in [0.15, 0.2) is 65.1 Å². The van der Waals surface area contributed by atoms with Crippen molar-refractivity contribution < 1.29 is 14.3 Å². The molecule has 0 radical (unpaired) electrons. The second-order valence-electron chi connectivity index (χ2n) is 6.07. The maximum absolute atomic E-state index is 12.6. The molecule has 2 aromatic carbocycles. The SMILES string of the molecule is Cc1nc(-c2cccc(Br)c2)ccc1C(=O)Nc1ccc(OCC(N)=O)cc1. The molecule has 0 saturated heterocycles. The molecule has 3 rings (SSSR count). The van der Waals surface area contributed by atoms with Gasteiger partial charge in [0.15, 0.2) is 6.61 Å². The summed E-state index contributed by atoms with van der Waals surface area (Å²) in [6, 6.07) is 18.1. The fraction of sp³-hybridized carbons (Fsp3) is 0.0952. The number of aryl methyl sites for hydroxylation is 1. The van der Waals surface area contributed by atoms with E-state index in [1.54, 1.807) is 37.3 Å². The molecule has 0 aliphatic heterocycles. The molecule has 2 amide bonds. The molecule has 0 bridgehead atoms. The molecule has 0 aliphatic carbocycles. The molecule has 3 aromatic rings. The highest BCUT2D eigenvalue weighted by atomic mass is 79.9. The monoisotopic (exact) mass is 439 g/mol. The van der Waals surface area contributed by atoms with Gasteiger partial charge in [-0.1, -0.05) is 28.1 Å². The van der Waals surface area contributed by atoms with E-state index < -0.39 is 5.91 Å². The first-order valence-electron chi connectivity index (χ1n) is 8.48. The minimum Gasteiger partial charge on any atom is -0.484 e. The molecule has 0 saturated carbocycles. The number of hydrogen-bond donors (Lipinski definition) is 2. The van der Waals surface area contributed by atoms with Crippen LogP contribution in [0.4, 0.5) is 5.69 Å². The Morgan fingerprint density at radius 2 is 1.86 bits per heavy atom. The van der Waals surface area contributed by atoms with E-state index in [2.05, 4.69) is 26.2 Å². The van der Waals surface area contributed by atoms with E-state index in [0.717, 1.165) is 15.7 Å². The normalized spacial score (nSPS) is 10.4. The molecule has 142 valence electrons. The third-order valence-corrected chi connectivity index (χ3v) is 4.44. The van der Waals surface area contributed by atoms with Gasteiger partial charge in [0.2, 0.25) is 0 Å². The number of carbonyl (C=O) groups is 2. The average molecular weight is 440 g/mol. The van der Waals surface area contributed by atoms with E-state index in [-0.39, 0.29) is 12.5 Å². The number of primary amides is 1. The number of rotatable bonds is 6. The fourth-order valence-electron chi connectivity index (χ4n) is 2.60. The minimum absolute atomic E-state index is 0.194.